The third-order valence-corrected chi connectivity index (χ3v) is 8.85. The number of halogens is 1. The van der Waals surface area contributed by atoms with Gasteiger partial charge in [0, 0.05) is 34.4 Å². The topological polar surface area (TPSA) is 83.7 Å². The second-order valence-electron chi connectivity index (χ2n) is 10.9. The van der Waals surface area contributed by atoms with E-state index in [1.54, 1.807) is 0 Å². The van der Waals surface area contributed by atoms with Gasteiger partial charge in [-0.1, -0.05) is 13.8 Å². The predicted molar refractivity (Wildman–Crippen MR) is 171 cm³/mol. The highest BCUT2D eigenvalue weighted by Gasteiger charge is 2.22. The van der Waals surface area contributed by atoms with Gasteiger partial charge in [-0.2, -0.15) is 0 Å². The number of aromatic amines is 2. The molecule has 41 heavy (non-hydrogen) atoms. The minimum absolute atomic E-state index is 0.230. The number of alkyl halides is 1. The van der Waals surface area contributed by atoms with Gasteiger partial charge < -0.3 is 14.7 Å². The van der Waals surface area contributed by atoms with Crippen LogP contribution in [0.2, 0.25) is 0 Å². The number of nitrogens with one attached hydrogen (secondary N) is 2. The molecule has 3 aromatic heterocycles. The molecular formula is C34H39ClN4O2. The summed E-state index contributed by atoms with van der Waals surface area (Å²) in [6.45, 7) is 13.0. The molecule has 0 saturated heterocycles. The molecule has 6 nitrogen and oxygen atoms in total. The van der Waals surface area contributed by atoms with Crippen LogP contribution in [0.4, 0.5) is 0 Å². The van der Waals surface area contributed by atoms with Gasteiger partial charge >= 0.3 is 5.97 Å². The van der Waals surface area contributed by atoms with E-state index in [4.69, 9.17) is 26.3 Å². The second-order valence-corrected chi connectivity index (χ2v) is 11.3. The average Bonchev–Trinajstić information content (AvgIpc) is 3.61. The first-order chi connectivity index (χ1) is 19.7. The van der Waals surface area contributed by atoms with Crippen molar-refractivity contribution in [3.8, 4) is 0 Å². The van der Waals surface area contributed by atoms with E-state index in [-0.39, 0.29) is 5.97 Å². The molecule has 0 saturated carbocycles. The third-order valence-electron chi connectivity index (χ3n) is 8.66. The van der Waals surface area contributed by atoms with Gasteiger partial charge in [0.25, 0.3) is 0 Å². The van der Waals surface area contributed by atoms with Crippen LogP contribution in [0.3, 0.4) is 0 Å². The molecule has 0 aromatic carbocycles. The van der Waals surface area contributed by atoms with Crippen molar-refractivity contribution in [3.63, 3.8) is 0 Å². The number of H-pyrrole nitrogens is 2. The van der Waals surface area contributed by atoms with Crippen LogP contribution in [0.1, 0.15) is 92.0 Å². The fourth-order valence-corrected chi connectivity index (χ4v) is 6.37. The highest BCUT2D eigenvalue weighted by atomic mass is 35.5. The van der Waals surface area contributed by atoms with E-state index in [1.165, 1.54) is 29.4 Å². The molecule has 2 aliphatic rings. The van der Waals surface area contributed by atoms with Crippen molar-refractivity contribution in [2.24, 2.45) is 0 Å². The van der Waals surface area contributed by atoms with E-state index >= 15 is 0 Å². The summed E-state index contributed by atoms with van der Waals surface area (Å²) in [5.74, 6) is 0.282. The van der Waals surface area contributed by atoms with Crippen LogP contribution < -0.4 is 0 Å². The van der Waals surface area contributed by atoms with Crippen molar-refractivity contribution in [3.05, 3.63) is 69.3 Å². The molecule has 0 amide bonds. The first-order valence-corrected chi connectivity index (χ1v) is 15.0. The van der Waals surface area contributed by atoms with Gasteiger partial charge in [0.2, 0.25) is 0 Å². The quantitative estimate of drug-likeness (QED) is 0.220. The van der Waals surface area contributed by atoms with E-state index in [9.17, 15) is 4.79 Å². The molecule has 0 aliphatic carbocycles. The Morgan fingerprint density at radius 3 is 1.73 bits per heavy atom. The Hall–Kier alpha value is -3.64. The lowest BCUT2D eigenvalue weighted by Gasteiger charge is -2.04. The summed E-state index contributed by atoms with van der Waals surface area (Å²) in [6.07, 6.45) is 3.41. The standard InChI is InChI=1S/C34H39ClN4O2/c1-8-22-18(3)26-14-27-21(6)25(12-13-35)33(38-27)16-29-20(5)24(10-11-34(40)41-7)32(39-29)15-28-19(4)23(9-2)31(37-28)17-30(22)36-26/h14-17,36-37H,8-13H2,1-7H3. The summed E-state index contributed by atoms with van der Waals surface area (Å²) in [5.41, 5.74) is 17.3. The Morgan fingerprint density at radius 2 is 1.22 bits per heavy atom. The normalized spacial score (nSPS) is 13.4. The number of methoxy groups -OCH3 is 1. The summed E-state index contributed by atoms with van der Waals surface area (Å²) in [6, 6.07) is 8.62. The summed E-state index contributed by atoms with van der Waals surface area (Å²) in [5, 5.41) is 0. The SMILES string of the molecule is CCc1c(C)c2cc3nc(cc4nc(cc5[nH]c(cc1[nH]2)c(CC)c5C)C(CCC(=O)OC)=C4C)C(CCCl)=C3C. The van der Waals surface area contributed by atoms with Crippen molar-refractivity contribution in [2.45, 2.75) is 73.6 Å². The number of hydrogen-bond donors (Lipinski definition) is 2. The smallest absolute Gasteiger partial charge is 0.305 e. The zero-order chi connectivity index (χ0) is 29.4. The number of hydrogen-bond acceptors (Lipinski definition) is 4. The highest BCUT2D eigenvalue weighted by molar-refractivity contribution is 6.18. The Balaban J connectivity index is 1.91. The van der Waals surface area contributed by atoms with Gasteiger partial charge in [-0.25, -0.2) is 9.97 Å². The van der Waals surface area contributed by atoms with E-state index < -0.39 is 0 Å². The number of rotatable bonds is 7. The zero-order valence-corrected chi connectivity index (χ0v) is 25.9. The second kappa shape index (κ2) is 11.7. The van der Waals surface area contributed by atoms with Crippen molar-refractivity contribution < 1.29 is 9.53 Å². The third kappa shape index (κ3) is 5.26. The van der Waals surface area contributed by atoms with Gasteiger partial charge in [0.05, 0.1) is 29.9 Å². The van der Waals surface area contributed by atoms with Crippen LogP contribution in [-0.2, 0) is 22.4 Å². The summed E-state index contributed by atoms with van der Waals surface area (Å²) < 4.78 is 4.95. The highest BCUT2D eigenvalue weighted by Crippen LogP contribution is 2.37. The largest absolute Gasteiger partial charge is 0.469 e. The van der Waals surface area contributed by atoms with Crippen LogP contribution in [0.5, 0.6) is 0 Å². The van der Waals surface area contributed by atoms with E-state index in [1.807, 2.05) is 0 Å². The van der Waals surface area contributed by atoms with Crippen molar-refractivity contribution in [2.75, 3.05) is 13.0 Å². The summed E-state index contributed by atoms with van der Waals surface area (Å²) in [4.78, 5) is 29.7. The molecule has 0 radical (unpaired) electrons. The molecule has 2 aliphatic heterocycles. The number of nitrogens with zero attached hydrogens (tertiary/aromatic N) is 2. The molecule has 7 heteroatoms. The molecular weight excluding hydrogens is 532 g/mol. The lowest BCUT2D eigenvalue weighted by molar-refractivity contribution is -0.140. The van der Waals surface area contributed by atoms with Gasteiger partial charge in [-0.15, -0.1) is 11.6 Å². The number of esters is 1. The molecule has 5 heterocycles. The Morgan fingerprint density at radius 1 is 0.732 bits per heavy atom. The van der Waals surface area contributed by atoms with Crippen molar-refractivity contribution in [1.29, 1.82) is 0 Å². The first kappa shape index (κ1) is 28.9. The molecule has 214 valence electrons. The predicted octanol–water partition coefficient (Wildman–Crippen LogP) is 8.50. The van der Waals surface area contributed by atoms with Crippen LogP contribution in [0.15, 0.2) is 24.3 Å². The number of allylic oxidation sites excluding steroid dienone is 4. The molecule has 5 rings (SSSR count). The maximum Gasteiger partial charge on any atom is 0.305 e. The van der Waals surface area contributed by atoms with Gasteiger partial charge in [-0.3, -0.25) is 4.79 Å². The average molecular weight is 571 g/mol. The van der Waals surface area contributed by atoms with Crippen LogP contribution in [0, 0.1) is 13.8 Å². The van der Waals surface area contributed by atoms with Crippen LogP contribution >= 0.6 is 11.6 Å². The lowest BCUT2D eigenvalue weighted by Crippen LogP contribution is -2.00. The van der Waals surface area contributed by atoms with Crippen molar-refractivity contribution >= 4 is 61.9 Å². The molecule has 0 unspecified atom stereocenters. The number of fused-ring (bicyclic) bond motifs is 8. The van der Waals surface area contributed by atoms with Gasteiger partial charge in [0.1, 0.15) is 0 Å². The number of aromatic nitrogens is 4. The zero-order valence-electron chi connectivity index (χ0n) is 25.1. The number of carbonyl (C=O) groups excluding carboxylic acids is 1. The monoisotopic (exact) mass is 570 g/mol. The maximum absolute atomic E-state index is 12.1. The minimum Gasteiger partial charge on any atom is -0.469 e. The van der Waals surface area contributed by atoms with E-state index in [2.05, 4.69) is 75.8 Å². The molecule has 8 bridgehead atoms. The Labute approximate surface area is 246 Å². The molecule has 2 N–H and O–H groups in total. The summed E-state index contributed by atoms with van der Waals surface area (Å²) >= 11 is 6.26. The molecule has 3 aromatic rings. The number of aryl methyl sites for hydroxylation is 4. The molecule has 0 spiro atoms. The van der Waals surface area contributed by atoms with Crippen LogP contribution in [0.25, 0.3) is 44.4 Å². The maximum atomic E-state index is 12.1. The van der Waals surface area contributed by atoms with Gasteiger partial charge in [0.15, 0.2) is 0 Å². The van der Waals surface area contributed by atoms with E-state index in [0.717, 1.165) is 86.4 Å². The van der Waals surface area contributed by atoms with Gasteiger partial charge in [-0.05, 0) is 122 Å². The Bertz CT molecular complexity index is 1770. The van der Waals surface area contributed by atoms with E-state index in [0.29, 0.717) is 18.7 Å². The van der Waals surface area contributed by atoms with Crippen molar-refractivity contribution in [1.82, 2.24) is 19.9 Å². The molecule has 0 fully saturated rings. The Kier molecular flexibility index (Phi) is 8.23. The fraction of sp³-hybridized carbons (Fsp3) is 0.382. The minimum atomic E-state index is -0.230. The first-order valence-electron chi connectivity index (χ1n) is 14.5. The molecule has 0 atom stereocenters. The summed E-state index contributed by atoms with van der Waals surface area (Å²) in [7, 11) is 1.43. The lowest BCUT2D eigenvalue weighted by atomic mass is 9.99. The van der Waals surface area contributed by atoms with Crippen LogP contribution in [-0.4, -0.2) is 38.9 Å². The fourth-order valence-electron chi connectivity index (χ4n) is 6.18. The number of ether oxygens (including phenoxy) is 1. The number of carbonyl (C=O) groups is 1.